The van der Waals surface area contributed by atoms with E-state index in [4.69, 9.17) is 17.2 Å². The topological polar surface area (TPSA) is 253 Å². The number of nitrogens with zero attached hydrogens (tertiary/aromatic N) is 4. The molecule has 1 aromatic rings. The van der Waals surface area contributed by atoms with E-state index in [9.17, 15) is 39.8 Å². The van der Waals surface area contributed by atoms with Crippen molar-refractivity contribution >= 4 is 34.8 Å². The van der Waals surface area contributed by atoms with Crippen molar-refractivity contribution in [2.45, 2.75) is 36.5 Å². The van der Waals surface area contributed by atoms with Gasteiger partial charge in [-0.15, -0.1) is 0 Å². The molecule has 0 aliphatic heterocycles. The number of rotatable bonds is 7. The van der Waals surface area contributed by atoms with Gasteiger partial charge in [0, 0.05) is 31.9 Å². The maximum absolute atomic E-state index is 14.5. The van der Waals surface area contributed by atoms with Gasteiger partial charge >= 0.3 is 0 Å². The molecule has 0 radical (unpaired) electrons. The molecule has 0 unspecified atom stereocenters. The first-order valence-electron chi connectivity index (χ1n) is 13.7. The van der Waals surface area contributed by atoms with Crippen LogP contribution in [0.15, 0.2) is 23.0 Å². The number of benzene rings is 1. The zero-order valence-electron chi connectivity index (χ0n) is 25.5. The fourth-order valence-corrected chi connectivity index (χ4v) is 7.01. The lowest BCUT2D eigenvalue weighted by Gasteiger charge is -2.58. The lowest BCUT2D eigenvalue weighted by Crippen LogP contribution is -2.80. The molecule has 1 aromatic carbocycles. The molecule has 4 atom stereocenters. The van der Waals surface area contributed by atoms with Gasteiger partial charge in [0.25, 0.3) is 5.91 Å². The van der Waals surface area contributed by atoms with E-state index in [2.05, 4.69) is 5.32 Å². The summed E-state index contributed by atoms with van der Waals surface area (Å²) < 4.78 is 0. The number of carbonyl (C=O) groups is 4. The standard InChI is InChI=1S/C29H38N8O7/c1-35(2)10-16(38)34-9-13-7-15(36(3)4)14-8-27(32)11-29(33)23(37(5)6)22(41)18(26(31)44)24(42)28(29,12-30)25(43)19(27)21(40)17(14)20(13)39/h7,23,39-40,42H,8-11,32-33H2,1-6H3,(H2,31,44)(H,34,38)/t23-,27-,28+,29-/m1/s1. The lowest BCUT2D eigenvalue weighted by atomic mass is 9.47. The Morgan fingerprint density at radius 3 is 2.23 bits per heavy atom. The number of likely N-dealkylation sites (N-methyl/N-ethyl adjacent to an activating group) is 2. The summed E-state index contributed by atoms with van der Waals surface area (Å²) in [4.78, 5) is 57.4. The number of phenolic OH excluding ortho intramolecular Hbond substituents is 1. The minimum absolute atomic E-state index is 0.0869. The van der Waals surface area contributed by atoms with Crippen molar-refractivity contribution in [1.82, 2.24) is 15.1 Å². The number of fused-ring (bicyclic) bond motifs is 3. The Bertz CT molecular complexity index is 1610. The second-order valence-electron chi connectivity index (χ2n) is 12.4. The normalized spacial score (nSPS) is 28.0. The van der Waals surface area contributed by atoms with Gasteiger partial charge in [-0.1, -0.05) is 0 Å². The highest BCUT2D eigenvalue weighted by atomic mass is 16.3. The SMILES string of the molecule is CN(C)CC(=O)NCc1cc(N(C)C)c2c(c1O)C(O)=C1C(=O)[C@]3(C#N)C(O)=C(C(N)=O)C(=O)[C@@H](N(C)C)[C@]3(N)C[C@]1(N)C2. The van der Waals surface area contributed by atoms with Gasteiger partial charge in [0.1, 0.15) is 22.8 Å². The van der Waals surface area contributed by atoms with Gasteiger partial charge in [0.05, 0.1) is 40.9 Å². The molecule has 4 rings (SSSR count). The first-order valence-corrected chi connectivity index (χ1v) is 13.7. The number of ketones is 2. The van der Waals surface area contributed by atoms with Crippen molar-refractivity contribution < 1.29 is 34.5 Å². The van der Waals surface area contributed by atoms with E-state index < -0.39 is 74.8 Å². The first kappa shape index (κ1) is 32.4. The summed E-state index contributed by atoms with van der Waals surface area (Å²) in [5.74, 6) is -6.31. The number of amides is 2. The molecular weight excluding hydrogens is 572 g/mol. The van der Waals surface area contributed by atoms with E-state index in [1.807, 2.05) is 0 Å². The third kappa shape index (κ3) is 4.33. The van der Waals surface area contributed by atoms with Crippen LogP contribution in [0.4, 0.5) is 5.69 Å². The van der Waals surface area contributed by atoms with Gasteiger partial charge in [-0.2, -0.15) is 5.26 Å². The number of primary amides is 1. The number of Topliss-reactive ketones (excluding diaryl/α,β-unsaturated/α-hetero) is 2. The quantitative estimate of drug-likeness (QED) is 0.168. The first-order chi connectivity index (χ1) is 20.3. The van der Waals surface area contributed by atoms with E-state index in [-0.39, 0.29) is 36.5 Å². The van der Waals surface area contributed by atoms with Gasteiger partial charge in [0.15, 0.2) is 17.0 Å². The molecule has 0 saturated heterocycles. The summed E-state index contributed by atoms with van der Waals surface area (Å²) in [6.07, 6.45) is -0.650. The Balaban J connectivity index is 2.03. The summed E-state index contributed by atoms with van der Waals surface area (Å²) in [6, 6.07) is 1.88. The number of aromatic hydroxyl groups is 1. The van der Waals surface area contributed by atoms with Crippen LogP contribution >= 0.6 is 0 Å². The number of nitriles is 1. The van der Waals surface area contributed by atoms with Gasteiger partial charge < -0.3 is 47.6 Å². The van der Waals surface area contributed by atoms with Crippen molar-refractivity contribution in [2.24, 2.45) is 22.6 Å². The molecule has 1 fully saturated rings. The predicted molar refractivity (Wildman–Crippen MR) is 159 cm³/mol. The van der Waals surface area contributed by atoms with Crippen LogP contribution in [0.5, 0.6) is 5.75 Å². The number of nitrogens with one attached hydrogen (secondary N) is 1. The van der Waals surface area contributed by atoms with Crippen molar-refractivity contribution in [2.75, 3.05) is 53.7 Å². The second-order valence-corrected chi connectivity index (χ2v) is 12.4. The van der Waals surface area contributed by atoms with Gasteiger partial charge in [-0.05, 0) is 52.7 Å². The van der Waals surface area contributed by atoms with Crippen LogP contribution in [-0.4, -0.2) is 114 Å². The summed E-state index contributed by atoms with van der Waals surface area (Å²) in [5, 5.41) is 47.7. The monoisotopic (exact) mass is 610 g/mol. The average Bonchev–Trinajstić information content (AvgIpc) is 2.86. The maximum Gasteiger partial charge on any atom is 0.255 e. The summed E-state index contributed by atoms with van der Waals surface area (Å²) in [5.41, 5.74) is 11.9. The molecule has 1 saturated carbocycles. The molecule has 0 heterocycles. The van der Waals surface area contributed by atoms with Gasteiger partial charge in [0.2, 0.25) is 5.91 Å². The molecule has 15 heteroatoms. The summed E-state index contributed by atoms with van der Waals surface area (Å²) in [7, 11) is 9.78. The highest BCUT2D eigenvalue weighted by molar-refractivity contribution is 6.25. The molecule has 0 spiro atoms. The van der Waals surface area contributed by atoms with Crippen LogP contribution in [0.1, 0.15) is 23.1 Å². The fourth-order valence-electron chi connectivity index (χ4n) is 7.01. The van der Waals surface area contributed by atoms with Crippen LogP contribution in [0.25, 0.3) is 5.76 Å². The fraction of sp³-hybridized carbons (Fsp3) is 0.483. The van der Waals surface area contributed by atoms with Crippen molar-refractivity contribution in [3.05, 3.63) is 39.7 Å². The van der Waals surface area contributed by atoms with Gasteiger partial charge in [-0.3, -0.25) is 24.1 Å². The maximum atomic E-state index is 14.5. The molecule has 0 bridgehead atoms. The molecular formula is C29H38N8O7. The summed E-state index contributed by atoms with van der Waals surface area (Å²) in [6.45, 7) is -0.0350. The molecule has 44 heavy (non-hydrogen) atoms. The Morgan fingerprint density at radius 2 is 1.73 bits per heavy atom. The van der Waals surface area contributed by atoms with E-state index in [1.165, 1.54) is 19.0 Å². The largest absolute Gasteiger partial charge is 0.509 e. The number of carbonyl (C=O) groups excluding carboxylic acids is 4. The minimum Gasteiger partial charge on any atom is -0.509 e. The van der Waals surface area contributed by atoms with E-state index in [0.29, 0.717) is 11.3 Å². The third-order valence-electron chi connectivity index (χ3n) is 8.72. The zero-order chi connectivity index (χ0) is 33.3. The third-order valence-corrected chi connectivity index (χ3v) is 8.72. The van der Waals surface area contributed by atoms with Crippen LogP contribution in [0.2, 0.25) is 0 Å². The number of hydrogen-bond donors (Lipinski definition) is 7. The van der Waals surface area contributed by atoms with Crippen molar-refractivity contribution in [1.29, 1.82) is 5.26 Å². The minimum atomic E-state index is -2.75. The number of anilines is 1. The number of hydrogen-bond acceptors (Lipinski definition) is 13. The van der Waals surface area contributed by atoms with E-state index in [1.54, 1.807) is 50.1 Å². The van der Waals surface area contributed by atoms with Crippen LogP contribution in [0, 0.1) is 16.7 Å². The number of aliphatic hydroxyl groups is 2. The highest BCUT2D eigenvalue weighted by Crippen LogP contribution is 2.59. The van der Waals surface area contributed by atoms with Crippen molar-refractivity contribution in [3.63, 3.8) is 0 Å². The predicted octanol–water partition coefficient (Wildman–Crippen LogP) is -1.85. The average molecular weight is 611 g/mol. The molecule has 0 aromatic heterocycles. The highest BCUT2D eigenvalue weighted by Gasteiger charge is 2.74. The number of nitrogens with two attached hydrogens (primary N) is 3. The molecule has 3 aliphatic rings. The Kier molecular flexibility index (Phi) is 7.81. The molecule has 2 amide bonds. The van der Waals surface area contributed by atoms with Gasteiger partial charge in [-0.25, -0.2) is 0 Å². The molecule has 10 N–H and O–H groups in total. The van der Waals surface area contributed by atoms with Crippen LogP contribution < -0.4 is 27.4 Å². The molecule has 3 aliphatic carbocycles. The van der Waals surface area contributed by atoms with Crippen LogP contribution in [-0.2, 0) is 32.1 Å². The van der Waals surface area contributed by atoms with Crippen molar-refractivity contribution in [3.8, 4) is 11.8 Å². The number of aliphatic hydroxyl groups excluding tert-OH is 2. The lowest BCUT2D eigenvalue weighted by molar-refractivity contribution is -0.139. The number of phenols is 1. The van der Waals surface area contributed by atoms with E-state index >= 15 is 0 Å². The molecule has 236 valence electrons. The summed E-state index contributed by atoms with van der Waals surface area (Å²) >= 11 is 0. The second kappa shape index (κ2) is 10.6. The smallest absolute Gasteiger partial charge is 0.255 e. The van der Waals surface area contributed by atoms with E-state index in [0.717, 1.165) is 0 Å². The zero-order valence-corrected chi connectivity index (χ0v) is 25.5. The Hall–Kier alpha value is -4.49. The Morgan fingerprint density at radius 1 is 1.11 bits per heavy atom. The Labute approximate surface area is 254 Å². The van der Waals surface area contributed by atoms with Crippen LogP contribution in [0.3, 0.4) is 0 Å². The molecule has 15 nitrogen and oxygen atoms in total.